The van der Waals surface area contributed by atoms with Gasteiger partial charge in [0, 0.05) is 45.2 Å². The Morgan fingerprint density at radius 2 is 2.12 bits per heavy atom. The Kier molecular flexibility index (Phi) is 4.86. The van der Waals surface area contributed by atoms with Crippen molar-refractivity contribution in [2.75, 3.05) is 27.2 Å². The molecular weight excluding hydrogens is 342 g/mol. The minimum Gasteiger partial charge on any atom is -0.376 e. The second-order valence-corrected chi connectivity index (χ2v) is 8.59. The Labute approximate surface area is 147 Å². The van der Waals surface area contributed by atoms with Gasteiger partial charge in [-0.25, -0.2) is 12.7 Å². The van der Waals surface area contributed by atoms with Crippen molar-refractivity contribution in [2.24, 2.45) is 7.05 Å². The van der Waals surface area contributed by atoms with E-state index in [0.717, 1.165) is 25.0 Å². The van der Waals surface area contributed by atoms with E-state index in [1.807, 2.05) is 0 Å². The van der Waals surface area contributed by atoms with E-state index >= 15 is 0 Å². The van der Waals surface area contributed by atoms with Crippen molar-refractivity contribution < 1.29 is 17.9 Å². The maximum atomic E-state index is 12.5. The highest BCUT2D eigenvalue weighted by atomic mass is 32.2. The van der Waals surface area contributed by atoms with Crippen LogP contribution in [0.15, 0.2) is 29.2 Å². The zero-order chi connectivity index (χ0) is 18.2. The van der Waals surface area contributed by atoms with Gasteiger partial charge in [-0.3, -0.25) is 4.79 Å². The lowest BCUT2D eigenvalue weighted by Gasteiger charge is -2.11. The molecule has 1 unspecified atom stereocenters. The molecule has 136 valence electrons. The Morgan fingerprint density at radius 1 is 1.36 bits per heavy atom. The van der Waals surface area contributed by atoms with Gasteiger partial charge in [-0.1, -0.05) is 0 Å². The summed E-state index contributed by atoms with van der Waals surface area (Å²) in [7, 11) is 1.28. The minimum atomic E-state index is -3.51. The Bertz CT molecular complexity index is 896. The van der Waals surface area contributed by atoms with E-state index in [1.165, 1.54) is 18.4 Å². The third kappa shape index (κ3) is 3.42. The van der Waals surface area contributed by atoms with Crippen LogP contribution < -0.4 is 5.32 Å². The molecule has 2 aromatic rings. The number of carbonyl (C=O) groups is 1. The number of ether oxygens (including phenoxy) is 1. The smallest absolute Gasteiger partial charge is 0.268 e. The van der Waals surface area contributed by atoms with Gasteiger partial charge in [0.25, 0.3) is 5.91 Å². The molecule has 7 nitrogen and oxygen atoms in total. The van der Waals surface area contributed by atoms with Gasteiger partial charge in [0.1, 0.15) is 5.69 Å². The van der Waals surface area contributed by atoms with Gasteiger partial charge in [-0.15, -0.1) is 0 Å². The number of fused-ring (bicyclic) bond motifs is 1. The van der Waals surface area contributed by atoms with Crippen molar-refractivity contribution in [1.29, 1.82) is 0 Å². The summed E-state index contributed by atoms with van der Waals surface area (Å²) < 4.78 is 33.0. The van der Waals surface area contributed by atoms with E-state index in [1.54, 1.807) is 35.9 Å². The molecule has 3 rings (SSSR count). The Balaban J connectivity index is 1.87. The van der Waals surface area contributed by atoms with Crippen LogP contribution in [-0.2, 0) is 21.8 Å². The Hall–Kier alpha value is -1.90. The summed E-state index contributed by atoms with van der Waals surface area (Å²) in [5, 5.41) is 3.61. The fourth-order valence-electron chi connectivity index (χ4n) is 3.02. The van der Waals surface area contributed by atoms with Gasteiger partial charge in [-0.05, 0) is 37.1 Å². The normalized spacial score (nSPS) is 18.2. The van der Waals surface area contributed by atoms with E-state index in [2.05, 4.69) is 5.32 Å². The first-order valence-electron chi connectivity index (χ1n) is 8.22. The van der Waals surface area contributed by atoms with E-state index < -0.39 is 10.0 Å². The molecule has 0 spiro atoms. The molecule has 1 N–H and O–H groups in total. The lowest BCUT2D eigenvalue weighted by atomic mass is 10.2. The summed E-state index contributed by atoms with van der Waals surface area (Å²) in [6.45, 7) is 1.23. The van der Waals surface area contributed by atoms with Crippen molar-refractivity contribution in [3.8, 4) is 0 Å². The molecule has 1 saturated heterocycles. The third-order valence-electron chi connectivity index (χ3n) is 4.54. The van der Waals surface area contributed by atoms with Crippen LogP contribution in [0.3, 0.4) is 0 Å². The molecule has 0 radical (unpaired) electrons. The van der Waals surface area contributed by atoms with Gasteiger partial charge in [-0.2, -0.15) is 0 Å². The van der Waals surface area contributed by atoms with Crippen molar-refractivity contribution in [3.05, 3.63) is 30.0 Å². The van der Waals surface area contributed by atoms with Crippen LogP contribution in [-0.4, -0.2) is 56.5 Å². The molecule has 1 fully saturated rings. The molecule has 0 aliphatic carbocycles. The number of rotatable bonds is 5. The highest BCUT2D eigenvalue weighted by Gasteiger charge is 2.21. The van der Waals surface area contributed by atoms with Crippen LogP contribution in [0.2, 0.25) is 0 Å². The SMILES string of the molecule is CN(C)S(=O)(=O)c1ccc2c(c1)cc(C(=O)NCC1CCCO1)n2C. The van der Waals surface area contributed by atoms with Gasteiger partial charge >= 0.3 is 0 Å². The van der Waals surface area contributed by atoms with Gasteiger partial charge < -0.3 is 14.6 Å². The number of carbonyl (C=O) groups excluding carboxylic acids is 1. The fourth-order valence-corrected chi connectivity index (χ4v) is 3.96. The highest BCUT2D eigenvalue weighted by Crippen LogP contribution is 2.24. The predicted molar refractivity (Wildman–Crippen MR) is 95.1 cm³/mol. The molecule has 1 aliphatic heterocycles. The molecule has 1 aliphatic rings. The Morgan fingerprint density at radius 3 is 2.76 bits per heavy atom. The number of aryl methyl sites for hydroxylation is 1. The molecule has 25 heavy (non-hydrogen) atoms. The number of amides is 1. The molecule has 0 saturated carbocycles. The summed E-state index contributed by atoms with van der Waals surface area (Å²) in [6.07, 6.45) is 2.06. The minimum absolute atomic E-state index is 0.0791. The quantitative estimate of drug-likeness (QED) is 0.867. The predicted octanol–water partition coefficient (Wildman–Crippen LogP) is 1.34. The summed E-state index contributed by atoms with van der Waals surface area (Å²) in [5.74, 6) is -0.189. The van der Waals surface area contributed by atoms with Crippen LogP contribution in [0, 0.1) is 0 Å². The van der Waals surface area contributed by atoms with E-state index in [4.69, 9.17) is 4.74 Å². The number of hydrogen-bond acceptors (Lipinski definition) is 4. The molecule has 8 heteroatoms. The van der Waals surface area contributed by atoms with Crippen LogP contribution in [0.5, 0.6) is 0 Å². The third-order valence-corrected chi connectivity index (χ3v) is 6.35. The second kappa shape index (κ2) is 6.78. The van der Waals surface area contributed by atoms with Gasteiger partial charge in [0.2, 0.25) is 10.0 Å². The van der Waals surface area contributed by atoms with E-state index in [0.29, 0.717) is 17.6 Å². The molecule has 1 aromatic carbocycles. The van der Waals surface area contributed by atoms with Gasteiger partial charge in [0.15, 0.2) is 0 Å². The highest BCUT2D eigenvalue weighted by molar-refractivity contribution is 7.89. The molecular formula is C17H23N3O4S. The lowest BCUT2D eigenvalue weighted by molar-refractivity contribution is 0.0851. The number of sulfonamides is 1. The van der Waals surface area contributed by atoms with E-state index in [9.17, 15) is 13.2 Å². The molecule has 1 atom stereocenters. The van der Waals surface area contributed by atoms with Crippen LogP contribution in [0.25, 0.3) is 10.9 Å². The standard InChI is InChI=1S/C17H23N3O4S/c1-19(2)25(22,23)14-6-7-15-12(9-14)10-16(20(15)3)17(21)18-11-13-5-4-8-24-13/h6-7,9-10,13H,4-5,8,11H2,1-3H3,(H,18,21). The van der Waals surface area contributed by atoms with Crippen LogP contribution in [0.1, 0.15) is 23.3 Å². The number of hydrogen-bond donors (Lipinski definition) is 1. The van der Waals surface area contributed by atoms with Crippen molar-refractivity contribution >= 4 is 26.8 Å². The maximum Gasteiger partial charge on any atom is 0.268 e. The fraction of sp³-hybridized carbons (Fsp3) is 0.471. The largest absolute Gasteiger partial charge is 0.376 e. The number of nitrogens with one attached hydrogen (secondary N) is 1. The average molecular weight is 365 g/mol. The summed E-state index contributed by atoms with van der Waals surface area (Å²) in [4.78, 5) is 12.7. The van der Waals surface area contributed by atoms with Crippen molar-refractivity contribution in [1.82, 2.24) is 14.2 Å². The molecule has 0 bridgehead atoms. The molecule has 1 aromatic heterocycles. The first-order valence-corrected chi connectivity index (χ1v) is 9.66. The van der Waals surface area contributed by atoms with Crippen LogP contribution in [0.4, 0.5) is 0 Å². The summed E-state index contributed by atoms with van der Waals surface area (Å²) in [5.41, 5.74) is 1.30. The lowest BCUT2D eigenvalue weighted by Crippen LogP contribution is -2.32. The number of nitrogens with zero attached hydrogens (tertiary/aromatic N) is 2. The van der Waals surface area contributed by atoms with Crippen molar-refractivity contribution in [2.45, 2.75) is 23.8 Å². The first-order chi connectivity index (χ1) is 11.8. The summed E-state index contributed by atoms with van der Waals surface area (Å²) >= 11 is 0. The first kappa shape index (κ1) is 17.9. The zero-order valence-corrected chi connectivity index (χ0v) is 15.5. The molecule has 1 amide bonds. The summed E-state index contributed by atoms with van der Waals surface area (Å²) in [6, 6.07) is 6.60. The second-order valence-electron chi connectivity index (χ2n) is 6.44. The average Bonchev–Trinajstić information content (AvgIpc) is 3.20. The topological polar surface area (TPSA) is 80.6 Å². The van der Waals surface area contributed by atoms with Crippen molar-refractivity contribution in [3.63, 3.8) is 0 Å². The maximum absolute atomic E-state index is 12.5. The van der Waals surface area contributed by atoms with E-state index in [-0.39, 0.29) is 16.9 Å². The van der Waals surface area contributed by atoms with Gasteiger partial charge in [0.05, 0.1) is 11.0 Å². The zero-order valence-electron chi connectivity index (χ0n) is 14.7. The monoisotopic (exact) mass is 365 g/mol. The number of aromatic nitrogens is 1. The number of benzene rings is 1. The molecule has 2 heterocycles. The van der Waals surface area contributed by atoms with Crippen LogP contribution >= 0.6 is 0 Å².